The molecule has 2 atom stereocenters. The van der Waals surface area contributed by atoms with E-state index >= 15 is 0 Å². The molecule has 2 N–H and O–H groups in total. The van der Waals surface area contributed by atoms with Crippen molar-refractivity contribution in [2.45, 2.75) is 42.3 Å². The highest BCUT2D eigenvalue weighted by atomic mass is 32.2. The number of aromatic nitrogens is 1. The highest BCUT2D eigenvalue weighted by Gasteiger charge is 2.49. The number of alkyl halides is 3. The molecule has 2 unspecified atom stereocenters. The molecule has 1 saturated heterocycles. The van der Waals surface area contributed by atoms with Crippen LogP contribution in [0.5, 0.6) is 0 Å². The van der Waals surface area contributed by atoms with E-state index in [0.717, 1.165) is 17.0 Å². The SMILES string of the molecule is CC1N(c2ccc(C(F)(F)F)cn2)CCNC1(C)S(=O)(=O)c1ccc2scc(CC(=O)O)c2c1. The van der Waals surface area contributed by atoms with Crippen molar-refractivity contribution in [2.75, 3.05) is 18.0 Å². The minimum absolute atomic E-state index is 0.0362. The van der Waals surface area contributed by atoms with Crippen molar-refractivity contribution in [2.24, 2.45) is 0 Å². The number of aliphatic carboxylic acids is 1. The topological polar surface area (TPSA) is 99.6 Å². The van der Waals surface area contributed by atoms with Crippen LogP contribution >= 0.6 is 11.3 Å². The number of nitrogens with one attached hydrogen (secondary N) is 1. The number of thiophene rings is 1. The van der Waals surface area contributed by atoms with Gasteiger partial charge in [-0.25, -0.2) is 13.4 Å². The van der Waals surface area contributed by atoms with Gasteiger partial charge >= 0.3 is 12.1 Å². The van der Waals surface area contributed by atoms with Gasteiger partial charge in [0, 0.05) is 24.0 Å². The largest absolute Gasteiger partial charge is 0.481 e. The summed E-state index contributed by atoms with van der Waals surface area (Å²) in [6, 6.07) is 6.14. The zero-order valence-electron chi connectivity index (χ0n) is 18.3. The first kappa shape index (κ1) is 24.4. The molecule has 34 heavy (non-hydrogen) atoms. The fourth-order valence-electron chi connectivity index (χ4n) is 4.19. The third kappa shape index (κ3) is 4.14. The average Bonchev–Trinajstić information content (AvgIpc) is 3.16. The average molecular weight is 514 g/mol. The van der Waals surface area contributed by atoms with Gasteiger partial charge in [-0.3, -0.25) is 10.1 Å². The standard InChI is InChI=1S/C22H22F3N3O4S2/c1-13-21(2,27-7-8-28(13)19-6-3-15(11-26-19)22(23,24)25)34(31,32)16-4-5-18-17(10-16)14(12-33-18)9-20(29)30/h3-6,10-13,27H,7-9H2,1-2H3,(H,29,30). The first-order valence-corrected chi connectivity index (χ1v) is 12.7. The number of sulfone groups is 1. The minimum atomic E-state index is -4.52. The van der Waals surface area contributed by atoms with Crippen LogP contribution in [0.2, 0.25) is 0 Å². The van der Waals surface area contributed by atoms with Gasteiger partial charge in [-0.15, -0.1) is 11.3 Å². The quantitative estimate of drug-likeness (QED) is 0.533. The van der Waals surface area contributed by atoms with E-state index in [-0.39, 0.29) is 23.7 Å². The fourth-order valence-corrected chi connectivity index (χ4v) is 7.01. The number of carboxylic acid groups (broad SMARTS) is 1. The summed E-state index contributed by atoms with van der Waals surface area (Å²) in [4.78, 5) is 15.4. The van der Waals surface area contributed by atoms with Gasteiger partial charge in [-0.2, -0.15) is 13.2 Å². The second kappa shape index (κ2) is 8.51. The van der Waals surface area contributed by atoms with E-state index in [0.29, 0.717) is 17.5 Å². The van der Waals surface area contributed by atoms with Crippen LogP contribution in [0.15, 0.2) is 46.8 Å². The molecule has 4 rings (SSSR count). The van der Waals surface area contributed by atoms with Gasteiger partial charge in [0.15, 0.2) is 9.84 Å². The van der Waals surface area contributed by atoms with Crippen LogP contribution in [0.1, 0.15) is 25.0 Å². The van der Waals surface area contributed by atoms with E-state index in [1.165, 1.54) is 29.5 Å². The maximum Gasteiger partial charge on any atom is 0.417 e. The van der Waals surface area contributed by atoms with Crippen molar-refractivity contribution in [1.29, 1.82) is 0 Å². The molecule has 0 radical (unpaired) electrons. The molecule has 1 fully saturated rings. The highest BCUT2D eigenvalue weighted by Crippen LogP contribution is 2.37. The Morgan fingerprint density at radius 3 is 2.68 bits per heavy atom. The molecule has 2 aromatic heterocycles. The predicted molar refractivity (Wildman–Crippen MR) is 123 cm³/mol. The van der Waals surface area contributed by atoms with Crippen molar-refractivity contribution < 1.29 is 31.5 Å². The summed E-state index contributed by atoms with van der Waals surface area (Å²) in [5.74, 6) is -0.761. The summed E-state index contributed by atoms with van der Waals surface area (Å²) in [7, 11) is -4.00. The smallest absolute Gasteiger partial charge is 0.417 e. The lowest BCUT2D eigenvalue weighted by Gasteiger charge is -2.47. The van der Waals surface area contributed by atoms with E-state index in [9.17, 15) is 26.4 Å². The number of anilines is 1. The zero-order valence-corrected chi connectivity index (χ0v) is 19.9. The van der Waals surface area contributed by atoms with Gasteiger partial charge in [0.05, 0.1) is 22.9 Å². The van der Waals surface area contributed by atoms with Gasteiger partial charge in [0.1, 0.15) is 10.7 Å². The van der Waals surface area contributed by atoms with Crippen LogP contribution in [-0.2, 0) is 27.2 Å². The molecule has 0 amide bonds. The van der Waals surface area contributed by atoms with Gasteiger partial charge in [-0.1, -0.05) is 0 Å². The van der Waals surface area contributed by atoms with E-state index in [4.69, 9.17) is 5.11 Å². The van der Waals surface area contributed by atoms with Crippen molar-refractivity contribution in [3.8, 4) is 0 Å². The first-order valence-electron chi connectivity index (χ1n) is 10.4. The Hall–Kier alpha value is -2.70. The molecule has 0 aliphatic carbocycles. The zero-order chi connectivity index (χ0) is 24.9. The van der Waals surface area contributed by atoms with Crippen LogP contribution in [0.25, 0.3) is 10.1 Å². The molecular weight excluding hydrogens is 491 g/mol. The molecule has 1 aliphatic rings. The Bertz CT molecular complexity index is 1340. The molecular formula is C22H22F3N3O4S2. The summed E-state index contributed by atoms with van der Waals surface area (Å²) in [6.45, 7) is 3.85. The molecule has 1 aliphatic heterocycles. The molecule has 0 saturated carbocycles. The summed E-state index contributed by atoms with van der Waals surface area (Å²) < 4.78 is 67.1. The van der Waals surface area contributed by atoms with Crippen LogP contribution in [-0.4, -0.2) is 48.5 Å². The Kier molecular flexibility index (Phi) is 6.11. The number of nitrogens with zero attached hydrogens (tertiary/aromatic N) is 2. The monoisotopic (exact) mass is 513 g/mol. The van der Waals surface area contributed by atoms with Crippen LogP contribution in [0, 0.1) is 0 Å². The third-order valence-electron chi connectivity index (χ3n) is 6.30. The van der Waals surface area contributed by atoms with Gasteiger partial charge in [-0.05, 0) is 60.5 Å². The number of hydrogen-bond acceptors (Lipinski definition) is 7. The molecule has 3 aromatic rings. The summed E-state index contributed by atoms with van der Waals surface area (Å²) >= 11 is 1.34. The van der Waals surface area contributed by atoms with E-state index in [1.54, 1.807) is 30.2 Å². The van der Waals surface area contributed by atoms with Gasteiger partial charge in [0.25, 0.3) is 0 Å². The molecule has 0 bridgehead atoms. The lowest BCUT2D eigenvalue weighted by Crippen LogP contribution is -2.68. The Balaban J connectivity index is 1.70. The summed E-state index contributed by atoms with van der Waals surface area (Å²) in [5.41, 5.74) is -0.342. The number of hydrogen-bond donors (Lipinski definition) is 2. The Morgan fingerprint density at radius 1 is 1.32 bits per heavy atom. The molecule has 7 nitrogen and oxygen atoms in total. The lowest BCUT2D eigenvalue weighted by molar-refractivity contribution is -0.138. The predicted octanol–water partition coefficient (Wildman–Crippen LogP) is 3.93. The van der Waals surface area contributed by atoms with Crippen LogP contribution < -0.4 is 10.2 Å². The normalized spacial score (nSPS) is 21.7. The molecule has 182 valence electrons. The van der Waals surface area contributed by atoms with Crippen molar-refractivity contribution in [3.63, 3.8) is 0 Å². The van der Waals surface area contributed by atoms with Gasteiger partial charge < -0.3 is 10.0 Å². The number of fused-ring (bicyclic) bond motifs is 1. The Morgan fingerprint density at radius 2 is 2.06 bits per heavy atom. The van der Waals surface area contributed by atoms with E-state index in [2.05, 4.69) is 10.3 Å². The molecule has 1 aromatic carbocycles. The van der Waals surface area contributed by atoms with Crippen molar-refractivity contribution >= 4 is 43.0 Å². The number of carboxylic acids is 1. The first-order chi connectivity index (χ1) is 15.8. The summed E-state index contributed by atoms with van der Waals surface area (Å²) in [5, 5.41) is 14.5. The van der Waals surface area contributed by atoms with E-state index < -0.39 is 38.5 Å². The maximum atomic E-state index is 13.8. The molecule has 0 spiro atoms. The van der Waals surface area contributed by atoms with E-state index in [1.807, 2.05) is 0 Å². The maximum absolute atomic E-state index is 13.8. The van der Waals surface area contributed by atoms with Crippen molar-refractivity contribution in [1.82, 2.24) is 10.3 Å². The van der Waals surface area contributed by atoms with Crippen LogP contribution in [0.4, 0.5) is 19.0 Å². The number of benzene rings is 1. The van der Waals surface area contributed by atoms with Crippen molar-refractivity contribution in [3.05, 3.63) is 53.0 Å². The number of rotatable bonds is 5. The number of pyridine rings is 1. The minimum Gasteiger partial charge on any atom is -0.481 e. The number of piperazine rings is 1. The molecule has 12 heteroatoms. The second-order valence-corrected chi connectivity index (χ2v) is 11.5. The summed E-state index contributed by atoms with van der Waals surface area (Å²) in [6.07, 6.45) is -3.99. The van der Waals surface area contributed by atoms with Gasteiger partial charge in [0.2, 0.25) is 0 Å². The third-order valence-corrected chi connectivity index (χ3v) is 9.79. The molecule has 3 heterocycles. The second-order valence-electron chi connectivity index (χ2n) is 8.30. The number of halogens is 3. The van der Waals surface area contributed by atoms with Crippen LogP contribution in [0.3, 0.4) is 0 Å². The lowest BCUT2D eigenvalue weighted by atomic mass is 10.1. The fraction of sp³-hybridized carbons (Fsp3) is 0.364. The Labute approximate surface area is 198 Å². The highest BCUT2D eigenvalue weighted by molar-refractivity contribution is 7.92. The number of carbonyl (C=O) groups is 1.